The van der Waals surface area contributed by atoms with Gasteiger partial charge in [-0.15, -0.1) is 0 Å². The van der Waals surface area contributed by atoms with Crippen LogP contribution in [-0.4, -0.2) is 9.97 Å². The van der Waals surface area contributed by atoms with Gasteiger partial charge in [-0.05, 0) is 24.3 Å². The van der Waals surface area contributed by atoms with Crippen LogP contribution in [0, 0.1) is 5.82 Å². The first-order valence-electron chi connectivity index (χ1n) is 4.18. The summed E-state index contributed by atoms with van der Waals surface area (Å²) in [6, 6.07) is 5.81. The topological polar surface area (TPSA) is 52.0 Å². The Morgan fingerprint density at radius 2 is 2.00 bits per heavy atom. The van der Waals surface area contributed by atoms with Crippen LogP contribution in [0.2, 0.25) is 0 Å². The van der Waals surface area contributed by atoms with Crippen LogP contribution in [0.3, 0.4) is 0 Å². The molecule has 0 spiro atoms. The van der Waals surface area contributed by atoms with Crippen LogP contribution in [-0.2, 0) is 0 Å². The van der Waals surface area contributed by atoms with Crippen molar-refractivity contribution in [1.82, 2.24) is 4.98 Å². The Bertz CT molecular complexity index is 492. The SMILES string of the molecule is NC(=S)c1coc(-c2ccc(F)cc2)n1. The maximum absolute atomic E-state index is 12.6. The van der Waals surface area contributed by atoms with Gasteiger partial charge in [0.25, 0.3) is 0 Å². The number of rotatable bonds is 2. The number of aromatic nitrogens is 1. The lowest BCUT2D eigenvalue weighted by Crippen LogP contribution is -2.09. The summed E-state index contributed by atoms with van der Waals surface area (Å²) in [6.07, 6.45) is 1.38. The van der Waals surface area contributed by atoms with E-state index in [1.807, 2.05) is 0 Å². The first-order valence-corrected chi connectivity index (χ1v) is 4.59. The smallest absolute Gasteiger partial charge is 0.226 e. The van der Waals surface area contributed by atoms with Crippen molar-refractivity contribution < 1.29 is 8.81 Å². The molecular weight excluding hydrogens is 215 g/mol. The zero-order chi connectivity index (χ0) is 10.8. The minimum Gasteiger partial charge on any atom is -0.444 e. The van der Waals surface area contributed by atoms with Crippen molar-refractivity contribution in [2.75, 3.05) is 0 Å². The molecule has 0 saturated carbocycles. The van der Waals surface area contributed by atoms with Crippen molar-refractivity contribution in [3.8, 4) is 11.5 Å². The highest BCUT2D eigenvalue weighted by Crippen LogP contribution is 2.18. The second-order valence-electron chi connectivity index (χ2n) is 2.91. The largest absolute Gasteiger partial charge is 0.444 e. The number of thiocarbonyl (C=S) groups is 1. The molecule has 0 fully saturated rings. The number of nitrogens with zero attached hydrogens (tertiary/aromatic N) is 1. The Morgan fingerprint density at radius 1 is 1.33 bits per heavy atom. The lowest BCUT2D eigenvalue weighted by atomic mass is 10.2. The van der Waals surface area contributed by atoms with Gasteiger partial charge >= 0.3 is 0 Å². The first kappa shape index (κ1) is 9.79. The van der Waals surface area contributed by atoms with Gasteiger partial charge in [-0.2, -0.15) is 0 Å². The third kappa shape index (κ3) is 2.02. The monoisotopic (exact) mass is 222 g/mol. The van der Waals surface area contributed by atoms with Gasteiger partial charge in [-0.25, -0.2) is 9.37 Å². The number of hydrogen-bond donors (Lipinski definition) is 1. The average molecular weight is 222 g/mol. The molecule has 2 rings (SSSR count). The van der Waals surface area contributed by atoms with E-state index in [4.69, 9.17) is 22.4 Å². The molecule has 0 unspecified atom stereocenters. The molecule has 0 amide bonds. The van der Waals surface area contributed by atoms with E-state index < -0.39 is 0 Å². The molecule has 2 aromatic rings. The average Bonchev–Trinajstić information content (AvgIpc) is 2.68. The van der Waals surface area contributed by atoms with Gasteiger partial charge in [-0.3, -0.25) is 0 Å². The summed E-state index contributed by atoms with van der Waals surface area (Å²) < 4.78 is 17.8. The van der Waals surface area contributed by atoms with Crippen molar-refractivity contribution in [2.24, 2.45) is 5.73 Å². The van der Waals surface area contributed by atoms with Crippen molar-refractivity contribution in [3.63, 3.8) is 0 Å². The van der Waals surface area contributed by atoms with E-state index in [9.17, 15) is 4.39 Å². The van der Waals surface area contributed by atoms with Crippen molar-refractivity contribution in [2.45, 2.75) is 0 Å². The summed E-state index contributed by atoms with van der Waals surface area (Å²) >= 11 is 4.74. The Kier molecular flexibility index (Phi) is 2.47. The van der Waals surface area contributed by atoms with E-state index in [1.165, 1.54) is 18.4 Å². The van der Waals surface area contributed by atoms with Crippen LogP contribution in [0.1, 0.15) is 5.69 Å². The standard InChI is InChI=1S/C10H7FN2OS/c11-7-3-1-6(2-4-7)10-13-8(5-14-10)9(12)15/h1-5H,(H2,12,15). The van der Waals surface area contributed by atoms with Crippen molar-refractivity contribution in [1.29, 1.82) is 0 Å². The molecule has 0 aliphatic heterocycles. The minimum absolute atomic E-state index is 0.173. The van der Waals surface area contributed by atoms with E-state index in [0.29, 0.717) is 17.1 Å². The Balaban J connectivity index is 2.37. The van der Waals surface area contributed by atoms with E-state index >= 15 is 0 Å². The second-order valence-corrected chi connectivity index (χ2v) is 3.35. The summed E-state index contributed by atoms with van der Waals surface area (Å²) in [6.45, 7) is 0. The van der Waals surface area contributed by atoms with E-state index in [0.717, 1.165) is 0 Å². The van der Waals surface area contributed by atoms with E-state index in [-0.39, 0.29) is 10.8 Å². The normalized spacial score (nSPS) is 10.2. The van der Waals surface area contributed by atoms with Crippen molar-refractivity contribution in [3.05, 3.63) is 42.0 Å². The molecule has 1 heterocycles. The molecule has 0 saturated heterocycles. The third-order valence-corrected chi connectivity index (χ3v) is 2.06. The van der Waals surface area contributed by atoms with E-state index in [2.05, 4.69) is 4.98 Å². The van der Waals surface area contributed by atoms with E-state index in [1.54, 1.807) is 12.1 Å². The van der Waals surface area contributed by atoms with Crippen LogP contribution in [0.15, 0.2) is 34.9 Å². The van der Waals surface area contributed by atoms with Crippen LogP contribution in [0.5, 0.6) is 0 Å². The van der Waals surface area contributed by atoms with Gasteiger partial charge in [0.2, 0.25) is 5.89 Å². The number of benzene rings is 1. The number of hydrogen-bond acceptors (Lipinski definition) is 3. The zero-order valence-corrected chi connectivity index (χ0v) is 8.42. The summed E-state index contributed by atoms with van der Waals surface area (Å²) in [5, 5.41) is 0. The highest BCUT2D eigenvalue weighted by atomic mass is 32.1. The van der Waals surface area contributed by atoms with Gasteiger partial charge in [0, 0.05) is 5.56 Å². The van der Waals surface area contributed by atoms with Crippen LogP contribution in [0.25, 0.3) is 11.5 Å². The van der Waals surface area contributed by atoms with Crippen LogP contribution >= 0.6 is 12.2 Å². The van der Waals surface area contributed by atoms with Gasteiger partial charge in [0.05, 0.1) is 0 Å². The predicted molar refractivity (Wildman–Crippen MR) is 57.8 cm³/mol. The molecular formula is C10H7FN2OS. The molecule has 0 aliphatic carbocycles. The maximum atomic E-state index is 12.6. The van der Waals surface area contributed by atoms with Crippen LogP contribution in [0.4, 0.5) is 4.39 Å². The molecule has 15 heavy (non-hydrogen) atoms. The molecule has 2 N–H and O–H groups in total. The van der Waals surface area contributed by atoms with Gasteiger partial charge in [0.1, 0.15) is 22.8 Å². The highest BCUT2D eigenvalue weighted by Gasteiger charge is 2.07. The fourth-order valence-corrected chi connectivity index (χ4v) is 1.21. The number of nitrogens with two attached hydrogens (primary N) is 1. The summed E-state index contributed by atoms with van der Waals surface area (Å²) in [4.78, 5) is 4.23. The quantitative estimate of drug-likeness (QED) is 0.791. The third-order valence-electron chi connectivity index (χ3n) is 1.85. The summed E-state index contributed by atoms with van der Waals surface area (Å²) in [7, 11) is 0. The summed E-state index contributed by atoms with van der Waals surface area (Å²) in [5.41, 5.74) is 6.48. The molecule has 0 aliphatic rings. The fraction of sp³-hybridized carbons (Fsp3) is 0. The maximum Gasteiger partial charge on any atom is 0.226 e. The predicted octanol–water partition coefficient (Wildman–Crippen LogP) is 2.11. The highest BCUT2D eigenvalue weighted by molar-refractivity contribution is 7.80. The summed E-state index contributed by atoms with van der Waals surface area (Å²) in [5.74, 6) is 0.0673. The van der Waals surface area contributed by atoms with Gasteiger partial charge < -0.3 is 10.2 Å². The molecule has 76 valence electrons. The molecule has 3 nitrogen and oxygen atoms in total. The molecule has 1 aromatic heterocycles. The lowest BCUT2D eigenvalue weighted by Gasteiger charge is -1.93. The zero-order valence-electron chi connectivity index (χ0n) is 7.61. The first-order chi connectivity index (χ1) is 7.16. The Hall–Kier alpha value is -1.75. The molecule has 0 atom stereocenters. The van der Waals surface area contributed by atoms with Crippen molar-refractivity contribution >= 4 is 17.2 Å². The minimum atomic E-state index is -0.306. The lowest BCUT2D eigenvalue weighted by molar-refractivity contribution is 0.573. The fourth-order valence-electron chi connectivity index (χ4n) is 1.11. The second kappa shape index (κ2) is 3.78. The number of halogens is 1. The Labute approximate surface area is 90.7 Å². The molecule has 0 bridgehead atoms. The Morgan fingerprint density at radius 3 is 2.53 bits per heavy atom. The van der Waals surface area contributed by atoms with Crippen LogP contribution < -0.4 is 5.73 Å². The molecule has 5 heteroatoms. The number of oxazole rings is 1. The van der Waals surface area contributed by atoms with Gasteiger partial charge in [-0.1, -0.05) is 12.2 Å². The molecule has 0 radical (unpaired) electrons. The molecule has 1 aromatic carbocycles. The van der Waals surface area contributed by atoms with Gasteiger partial charge in [0.15, 0.2) is 0 Å².